The minimum Gasteiger partial charge on any atom is -0.497 e. The van der Waals surface area contributed by atoms with E-state index in [-0.39, 0.29) is 0 Å². The molecule has 0 atom stereocenters. The van der Waals surface area contributed by atoms with Crippen LogP contribution >= 0.6 is 0 Å². The second-order valence-corrected chi connectivity index (χ2v) is 6.20. The third-order valence-electron chi connectivity index (χ3n) is 4.67. The largest absolute Gasteiger partial charge is 0.497 e. The molecular weight excluding hydrogens is 360 g/mol. The third-order valence-corrected chi connectivity index (χ3v) is 4.67. The molecule has 0 aliphatic rings. The zero-order valence-electron chi connectivity index (χ0n) is 16.3. The molecule has 4 rings (SSSR count). The van der Waals surface area contributed by atoms with Crippen LogP contribution in [0.15, 0.2) is 30.3 Å². The van der Waals surface area contributed by atoms with Crippen molar-refractivity contribution in [1.29, 1.82) is 0 Å². The molecule has 0 N–H and O–H groups in total. The Morgan fingerprint density at radius 1 is 0.750 bits per heavy atom. The highest BCUT2D eigenvalue weighted by atomic mass is 16.5. The topological polar surface area (TPSA) is 80.5 Å². The highest BCUT2D eigenvalue weighted by molar-refractivity contribution is 6.10. The summed E-state index contributed by atoms with van der Waals surface area (Å²) in [5.41, 5.74) is 2.96. The van der Waals surface area contributed by atoms with E-state index in [9.17, 15) is 0 Å². The average Bonchev–Trinajstić information content (AvgIpc) is 3.09. The molecule has 0 saturated carbocycles. The van der Waals surface area contributed by atoms with Crippen LogP contribution in [0.1, 0.15) is 0 Å². The summed E-state index contributed by atoms with van der Waals surface area (Å²) < 4.78 is 23.4. The standard InChI is InChI=1S/C20H20N4O4/c1-24-20-18(14-9-16(27-4)17(28-5)10-15(14)21-22-20)19(23-24)11-6-12(25-2)8-13(7-11)26-3/h6-10H,1-5H3. The summed E-state index contributed by atoms with van der Waals surface area (Å²) in [7, 11) is 8.27. The fourth-order valence-electron chi connectivity index (χ4n) is 3.28. The number of nitrogens with zero attached hydrogens (tertiary/aromatic N) is 4. The van der Waals surface area contributed by atoms with Crippen LogP contribution < -0.4 is 18.9 Å². The van der Waals surface area contributed by atoms with Crippen LogP contribution in [0.4, 0.5) is 0 Å². The third kappa shape index (κ3) is 2.74. The molecule has 2 aromatic carbocycles. The SMILES string of the molecule is COc1cc(OC)cc(-c2nn(C)c3nnc4cc(OC)c(OC)cc4c23)c1. The van der Waals surface area contributed by atoms with Crippen LogP contribution in [0.5, 0.6) is 23.0 Å². The number of rotatable bonds is 5. The number of aromatic nitrogens is 4. The molecular formula is C20H20N4O4. The first kappa shape index (κ1) is 17.8. The second-order valence-electron chi connectivity index (χ2n) is 6.20. The predicted molar refractivity (Wildman–Crippen MR) is 105 cm³/mol. The van der Waals surface area contributed by atoms with Crippen molar-refractivity contribution >= 4 is 21.9 Å². The van der Waals surface area contributed by atoms with E-state index in [1.54, 1.807) is 33.1 Å². The number of hydrogen-bond donors (Lipinski definition) is 0. The first-order valence-electron chi connectivity index (χ1n) is 8.58. The number of fused-ring (bicyclic) bond motifs is 3. The molecule has 0 unspecified atom stereocenters. The van der Waals surface area contributed by atoms with Crippen LogP contribution in [-0.4, -0.2) is 48.4 Å². The molecule has 0 fully saturated rings. The Balaban J connectivity index is 2.08. The molecule has 2 aromatic heterocycles. The molecule has 4 aromatic rings. The first-order valence-corrected chi connectivity index (χ1v) is 8.58. The van der Waals surface area contributed by atoms with Gasteiger partial charge in [-0.25, -0.2) is 4.68 Å². The molecule has 0 saturated heterocycles. The van der Waals surface area contributed by atoms with Gasteiger partial charge in [0.25, 0.3) is 0 Å². The Hall–Kier alpha value is -3.55. The van der Waals surface area contributed by atoms with Gasteiger partial charge in [-0.3, -0.25) is 0 Å². The predicted octanol–water partition coefficient (Wildman–Crippen LogP) is 3.22. The smallest absolute Gasteiger partial charge is 0.181 e. The van der Waals surface area contributed by atoms with E-state index in [0.29, 0.717) is 34.2 Å². The maximum absolute atomic E-state index is 5.48. The van der Waals surface area contributed by atoms with Gasteiger partial charge in [-0.1, -0.05) is 0 Å². The van der Waals surface area contributed by atoms with Gasteiger partial charge < -0.3 is 18.9 Å². The van der Waals surface area contributed by atoms with Gasteiger partial charge in [-0.2, -0.15) is 5.10 Å². The van der Waals surface area contributed by atoms with Crippen molar-refractivity contribution in [3.05, 3.63) is 30.3 Å². The molecule has 0 aliphatic carbocycles. The molecule has 0 aliphatic heterocycles. The van der Waals surface area contributed by atoms with Crippen LogP contribution in [0.25, 0.3) is 33.2 Å². The summed E-state index contributed by atoms with van der Waals surface area (Å²) in [5, 5.41) is 15.1. The maximum Gasteiger partial charge on any atom is 0.181 e. The fourth-order valence-corrected chi connectivity index (χ4v) is 3.28. The monoisotopic (exact) mass is 380 g/mol. The molecule has 0 spiro atoms. The Morgan fingerprint density at radius 2 is 1.39 bits per heavy atom. The van der Waals surface area contributed by atoms with Crippen molar-refractivity contribution in [3.63, 3.8) is 0 Å². The summed E-state index contributed by atoms with van der Waals surface area (Å²) in [6.45, 7) is 0. The highest BCUT2D eigenvalue weighted by Gasteiger charge is 2.19. The van der Waals surface area contributed by atoms with Gasteiger partial charge in [0.15, 0.2) is 17.1 Å². The normalized spacial score (nSPS) is 11.0. The van der Waals surface area contributed by atoms with E-state index >= 15 is 0 Å². The number of hydrogen-bond acceptors (Lipinski definition) is 7. The van der Waals surface area contributed by atoms with E-state index in [4.69, 9.17) is 24.0 Å². The van der Waals surface area contributed by atoms with Crippen LogP contribution in [0.3, 0.4) is 0 Å². The number of benzene rings is 2. The average molecular weight is 380 g/mol. The highest BCUT2D eigenvalue weighted by Crippen LogP contribution is 2.39. The number of aryl methyl sites for hydroxylation is 1. The molecule has 28 heavy (non-hydrogen) atoms. The molecule has 144 valence electrons. The first-order chi connectivity index (χ1) is 13.6. The summed E-state index contributed by atoms with van der Waals surface area (Å²) in [4.78, 5) is 0. The van der Waals surface area contributed by atoms with Crippen molar-refractivity contribution in [2.45, 2.75) is 0 Å². The fraction of sp³-hybridized carbons (Fsp3) is 0.250. The van der Waals surface area contributed by atoms with Crippen LogP contribution in [0, 0.1) is 0 Å². The molecule has 8 nitrogen and oxygen atoms in total. The van der Waals surface area contributed by atoms with Crippen molar-refractivity contribution < 1.29 is 18.9 Å². The van der Waals surface area contributed by atoms with Gasteiger partial charge in [0.05, 0.1) is 39.3 Å². The maximum atomic E-state index is 5.48. The number of methoxy groups -OCH3 is 4. The Morgan fingerprint density at radius 3 is 2.00 bits per heavy atom. The quantitative estimate of drug-likeness (QED) is 0.526. The van der Waals surface area contributed by atoms with Crippen molar-refractivity contribution in [2.24, 2.45) is 7.05 Å². The summed E-state index contributed by atoms with van der Waals surface area (Å²) in [6, 6.07) is 9.35. The molecule has 8 heteroatoms. The Bertz CT molecular complexity index is 1160. The van der Waals surface area contributed by atoms with Crippen molar-refractivity contribution in [3.8, 4) is 34.3 Å². The lowest BCUT2D eigenvalue weighted by Crippen LogP contribution is -1.95. The Labute approximate surface area is 161 Å². The van der Waals surface area contributed by atoms with E-state index in [1.165, 1.54) is 0 Å². The van der Waals surface area contributed by atoms with Crippen LogP contribution in [0.2, 0.25) is 0 Å². The summed E-state index contributed by atoms with van der Waals surface area (Å²) >= 11 is 0. The lowest BCUT2D eigenvalue weighted by Gasteiger charge is -2.10. The lowest BCUT2D eigenvalue weighted by molar-refractivity contribution is 0.356. The van der Waals surface area contributed by atoms with Gasteiger partial charge >= 0.3 is 0 Å². The molecule has 0 bridgehead atoms. The summed E-state index contributed by atoms with van der Waals surface area (Å²) in [6.07, 6.45) is 0. The zero-order valence-corrected chi connectivity index (χ0v) is 16.3. The van der Waals surface area contributed by atoms with Gasteiger partial charge in [0.2, 0.25) is 0 Å². The van der Waals surface area contributed by atoms with E-state index in [1.807, 2.05) is 37.4 Å². The minimum absolute atomic E-state index is 0.595. The summed E-state index contributed by atoms with van der Waals surface area (Å²) in [5.74, 6) is 2.57. The van der Waals surface area contributed by atoms with E-state index < -0.39 is 0 Å². The van der Waals surface area contributed by atoms with Gasteiger partial charge in [0, 0.05) is 30.1 Å². The molecule has 2 heterocycles. The van der Waals surface area contributed by atoms with Gasteiger partial charge in [-0.15, -0.1) is 10.2 Å². The van der Waals surface area contributed by atoms with E-state index in [0.717, 1.165) is 22.0 Å². The lowest BCUT2D eigenvalue weighted by atomic mass is 10.0. The number of ether oxygens (including phenoxy) is 4. The van der Waals surface area contributed by atoms with Crippen molar-refractivity contribution in [1.82, 2.24) is 20.0 Å². The molecule has 0 amide bonds. The second kappa shape index (κ2) is 6.88. The van der Waals surface area contributed by atoms with Crippen molar-refractivity contribution in [2.75, 3.05) is 28.4 Å². The minimum atomic E-state index is 0.595. The zero-order chi connectivity index (χ0) is 19.8. The van der Waals surface area contributed by atoms with Gasteiger partial charge in [0.1, 0.15) is 17.2 Å². The van der Waals surface area contributed by atoms with Crippen LogP contribution in [-0.2, 0) is 7.05 Å². The van der Waals surface area contributed by atoms with Gasteiger partial charge in [-0.05, 0) is 18.2 Å². The van der Waals surface area contributed by atoms with E-state index in [2.05, 4.69) is 10.2 Å². The molecule has 0 radical (unpaired) electrons. The Kier molecular flexibility index (Phi) is 4.38.